The van der Waals surface area contributed by atoms with Crippen molar-refractivity contribution in [3.63, 3.8) is 0 Å². The third kappa shape index (κ3) is 3.12. The molecule has 0 saturated carbocycles. The second-order valence-corrected chi connectivity index (χ2v) is 12.2. The van der Waals surface area contributed by atoms with Gasteiger partial charge in [0.2, 0.25) is 0 Å². The number of hydrogen-bond donors (Lipinski definition) is 2. The van der Waals surface area contributed by atoms with Crippen molar-refractivity contribution in [2.24, 2.45) is 0 Å². The van der Waals surface area contributed by atoms with E-state index in [4.69, 9.17) is 17.4 Å². The summed E-state index contributed by atoms with van der Waals surface area (Å²) in [5, 5.41) is 0. The molecule has 6 aliphatic rings. The van der Waals surface area contributed by atoms with Crippen LogP contribution in [0.1, 0.15) is 60.8 Å². The van der Waals surface area contributed by atoms with Gasteiger partial charge < -0.3 is 9.64 Å². The summed E-state index contributed by atoms with van der Waals surface area (Å²) in [7, 11) is 0. The highest BCUT2D eigenvalue weighted by Gasteiger charge is 2.42. The summed E-state index contributed by atoms with van der Waals surface area (Å²) < 4.78 is 7.14. The SMILES string of the molecule is Sc1ccc(C2=C3C=C4CCCN5CCCC(=C3Oc3c2cc2c6c3CCCN6CCC2)C45)c(S)c1. The third-order valence-corrected chi connectivity index (χ3v) is 9.83. The Labute approximate surface area is 224 Å². The van der Waals surface area contributed by atoms with Gasteiger partial charge in [-0.05, 0) is 111 Å². The molecule has 0 N–H and O–H groups in total. The molecule has 2 fully saturated rings. The van der Waals surface area contributed by atoms with Crippen LogP contribution in [-0.4, -0.2) is 37.1 Å². The number of aryl methyl sites for hydroxylation is 1. The van der Waals surface area contributed by atoms with E-state index in [9.17, 15) is 0 Å². The summed E-state index contributed by atoms with van der Waals surface area (Å²) >= 11 is 9.60. The standard InChI is InChI=1S/C31H32N2OS2/c35-20-9-10-21(26(36)17-20)27-24-15-18-5-1-11-32-13-3-7-22(28(18)32)30(24)34-31-23-8-4-14-33-12-2-6-19(29(23)33)16-25(27)31/h9-10,15-17,28,35-36H,1-8,11-14H2. The molecule has 0 spiro atoms. The van der Waals surface area contributed by atoms with Crippen molar-refractivity contribution in [1.82, 2.24) is 4.90 Å². The third-order valence-electron chi connectivity index (χ3n) is 9.18. The lowest BCUT2D eigenvalue weighted by molar-refractivity contribution is 0.178. The van der Waals surface area contributed by atoms with Crippen LogP contribution in [0.25, 0.3) is 5.57 Å². The zero-order chi connectivity index (χ0) is 24.0. The highest BCUT2D eigenvalue weighted by atomic mass is 32.1. The fraction of sp³-hybridized carbons (Fsp3) is 0.419. The molecule has 0 bridgehead atoms. The fourth-order valence-electron chi connectivity index (χ4n) is 7.80. The average Bonchev–Trinajstić information content (AvgIpc) is 2.89. The molecule has 0 amide bonds. The molecule has 2 saturated heterocycles. The molecular weight excluding hydrogens is 480 g/mol. The molecule has 2 aromatic rings. The number of rotatable bonds is 1. The molecule has 0 aromatic heterocycles. The van der Waals surface area contributed by atoms with Gasteiger partial charge in [-0.1, -0.05) is 6.07 Å². The van der Waals surface area contributed by atoms with Crippen LogP contribution in [0.4, 0.5) is 5.69 Å². The van der Waals surface area contributed by atoms with Gasteiger partial charge >= 0.3 is 0 Å². The van der Waals surface area contributed by atoms with E-state index < -0.39 is 0 Å². The number of benzene rings is 2. The molecule has 0 radical (unpaired) electrons. The quantitative estimate of drug-likeness (QED) is 0.419. The Morgan fingerprint density at radius 3 is 2.50 bits per heavy atom. The van der Waals surface area contributed by atoms with Crippen LogP contribution in [0, 0.1) is 0 Å². The van der Waals surface area contributed by atoms with E-state index in [0.29, 0.717) is 6.04 Å². The maximum Gasteiger partial charge on any atom is 0.140 e. The monoisotopic (exact) mass is 512 g/mol. The van der Waals surface area contributed by atoms with E-state index in [0.717, 1.165) is 40.6 Å². The van der Waals surface area contributed by atoms with Gasteiger partial charge in [0.1, 0.15) is 11.5 Å². The first-order valence-corrected chi connectivity index (χ1v) is 14.6. The zero-order valence-corrected chi connectivity index (χ0v) is 22.4. The topological polar surface area (TPSA) is 15.7 Å². The van der Waals surface area contributed by atoms with Crippen LogP contribution in [0.5, 0.6) is 5.75 Å². The number of piperidine rings is 2. The number of nitrogens with zero attached hydrogens (tertiary/aromatic N) is 2. The predicted octanol–water partition coefficient (Wildman–Crippen LogP) is 6.61. The maximum absolute atomic E-state index is 7.14. The van der Waals surface area contributed by atoms with Gasteiger partial charge in [-0.25, -0.2) is 0 Å². The van der Waals surface area contributed by atoms with E-state index in [1.165, 1.54) is 103 Å². The Morgan fingerprint density at radius 2 is 1.64 bits per heavy atom. The maximum atomic E-state index is 7.14. The first-order valence-electron chi connectivity index (χ1n) is 13.7. The van der Waals surface area contributed by atoms with Crippen LogP contribution in [-0.2, 0) is 12.8 Å². The van der Waals surface area contributed by atoms with E-state index in [1.807, 2.05) is 0 Å². The van der Waals surface area contributed by atoms with Crippen molar-refractivity contribution in [3.05, 3.63) is 75.1 Å². The Morgan fingerprint density at radius 1 is 0.833 bits per heavy atom. The summed E-state index contributed by atoms with van der Waals surface area (Å²) in [6, 6.07) is 9.33. The molecule has 8 rings (SSSR count). The van der Waals surface area contributed by atoms with E-state index in [-0.39, 0.29) is 0 Å². The second kappa shape index (κ2) is 8.21. The fourth-order valence-corrected chi connectivity index (χ4v) is 8.43. The normalized spacial score (nSPS) is 24.4. The van der Waals surface area contributed by atoms with Gasteiger partial charge in [-0.3, -0.25) is 4.90 Å². The molecule has 1 atom stereocenters. The first-order chi connectivity index (χ1) is 17.7. The molecule has 1 unspecified atom stereocenters. The molecule has 3 nitrogen and oxygen atoms in total. The molecule has 5 aliphatic heterocycles. The molecule has 184 valence electrons. The van der Waals surface area contributed by atoms with Crippen molar-refractivity contribution in [2.75, 3.05) is 31.1 Å². The summed E-state index contributed by atoms with van der Waals surface area (Å²) in [4.78, 5) is 7.27. The lowest BCUT2D eigenvalue weighted by Crippen LogP contribution is -2.47. The van der Waals surface area contributed by atoms with Crippen LogP contribution >= 0.6 is 25.3 Å². The highest BCUT2D eigenvalue weighted by molar-refractivity contribution is 7.81. The largest absolute Gasteiger partial charge is 0.456 e. The van der Waals surface area contributed by atoms with Crippen molar-refractivity contribution >= 4 is 36.5 Å². The Hall–Kier alpha value is -2.08. The summed E-state index contributed by atoms with van der Waals surface area (Å²) in [5.74, 6) is 2.26. The number of ether oxygens (including phenoxy) is 1. The van der Waals surface area contributed by atoms with Gasteiger partial charge in [-0.2, -0.15) is 0 Å². The van der Waals surface area contributed by atoms with Crippen LogP contribution in [0.15, 0.2) is 62.6 Å². The molecular formula is C31H32N2OS2. The van der Waals surface area contributed by atoms with Crippen molar-refractivity contribution in [3.8, 4) is 5.75 Å². The number of fused-ring (bicyclic) bond motifs is 3. The Balaban J connectivity index is 1.46. The molecule has 1 aliphatic carbocycles. The van der Waals surface area contributed by atoms with Gasteiger partial charge in [-0.15, -0.1) is 25.3 Å². The smallest absolute Gasteiger partial charge is 0.140 e. The number of thiol groups is 2. The van der Waals surface area contributed by atoms with E-state index in [1.54, 1.807) is 5.57 Å². The predicted molar refractivity (Wildman–Crippen MR) is 152 cm³/mol. The molecule has 5 heteroatoms. The number of hydrogen-bond acceptors (Lipinski definition) is 5. The van der Waals surface area contributed by atoms with Crippen molar-refractivity contribution < 1.29 is 4.74 Å². The minimum absolute atomic E-state index is 0.440. The minimum Gasteiger partial charge on any atom is -0.456 e. The van der Waals surface area contributed by atoms with Gasteiger partial charge in [0.15, 0.2) is 0 Å². The Kier molecular flexibility index (Phi) is 5.01. The minimum atomic E-state index is 0.440. The highest BCUT2D eigenvalue weighted by Crippen LogP contribution is 2.54. The number of anilines is 1. The zero-order valence-electron chi connectivity index (χ0n) is 20.6. The lowest BCUT2D eigenvalue weighted by Gasteiger charge is -2.47. The molecule has 2 aromatic carbocycles. The first kappa shape index (κ1) is 22.0. The summed E-state index contributed by atoms with van der Waals surface area (Å²) in [6.45, 7) is 4.76. The average molecular weight is 513 g/mol. The summed E-state index contributed by atoms with van der Waals surface area (Å²) in [6.07, 6.45) is 12.0. The van der Waals surface area contributed by atoms with Gasteiger partial charge in [0.05, 0.1) is 6.04 Å². The van der Waals surface area contributed by atoms with Gasteiger partial charge in [0.25, 0.3) is 0 Å². The Bertz CT molecular complexity index is 1410. The van der Waals surface area contributed by atoms with Crippen molar-refractivity contribution in [2.45, 2.75) is 67.2 Å². The van der Waals surface area contributed by atoms with Crippen LogP contribution in [0.2, 0.25) is 0 Å². The van der Waals surface area contributed by atoms with Gasteiger partial charge in [0, 0.05) is 50.8 Å². The molecule has 36 heavy (non-hydrogen) atoms. The van der Waals surface area contributed by atoms with Crippen molar-refractivity contribution in [1.29, 1.82) is 0 Å². The van der Waals surface area contributed by atoms with E-state index in [2.05, 4.69) is 52.8 Å². The van der Waals surface area contributed by atoms with Crippen LogP contribution in [0.3, 0.4) is 0 Å². The van der Waals surface area contributed by atoms with Crippen LogP contribution < -0.4 is 9.64 Å². The summed E-state index contributed by atoms with van der Waals surface area (Å²) in [5.41, 5.74) is 12.6. The number of allylic oxidation sites excluding steroid dienone is 1. The lowest BCUT2D eigenvalue weighted by atomic mass is 9.75. The van der Waals surface area contributed by atoms with E-state index >= 15 is 0 Å². The second-order valence-electron chi connectivity index (χ2n) is 11.2. The molecule has 5 heterocycles.